The quantitative estimate of drug-likeness (QED) is 0.653. The summed E-state index contributed by atoms with van der Waals surface area (Å²) in [4.78, 5) is 27.9. The van der Waals surface area contributed by atoms with Crippen molar-refractivity contribution >= 4 is 11.8 Å². The molecule has 4 nitrogen and oxygen atoms in total. The van der Waals surface area contributed by atoms with Crippen molar-refractivity contribution in [2.75, 3.05) is 6.54 Å². The molecule has 156 valence electrons. The first-order valence-corrected chi connectivity index (χ1v) is 10.6. The maximum absolute atomic E-state index is 13.2. The van der Waals surface area contributed by atoms with Crippen molar-refractivity contribution in [2.24, 2.45) is 0 Å². The van der Waals surface area contributed by atoms with Gasteiger partial charge >= 0.3 is 0 Å². The summed E-state index contributed by atoms with van der Waals surface area (Å²) in [5.74, 6) is -0.0666. The van der Waals surface area contributed by atoms with E-state index in [9.17, 15) is 9.59 Å². The Balaban J connectivity index is 2.18. The van der Waals surface area contributed by atoms with Gasteiger partial charge in [-0.2, -0.15) is 0 Å². The molecule has 0 aliphatic carbocycles. The molecule has 0 aliphatic heterocycles. The van der Waals surface area contributed by atoms with Crippen LogP contribution in [0.4, 0.5) is 0 Å². The Morgan fingerprint density at radius 1 is 0.931 bits per heavy atom. The van der Waals surface area contributed by atoms with Gasteiger partial charge in [0.1, 0.15) is 6.04 Å². The van der Waals surface area contributed by atoms with Gasteiger partial charge < -0.3 is 10.2 Å². The van der Waals surface area contributed by atoms with Gasteiger partial charge in [-0.1, -0.05) is 74.0 Å². The van der Waals surface area contributed by atoms with Crippen LogP contribution in [0.1, 0.15) is 50.3 Å². The standard InChI is InChI=1S/C25H34N2O2/c1-5-20(4)26-25(29)23(6-2)27(17-16-21-10-8-7-9-11-21)24(28)18-22-14-12-19(3)13-15-22/h7-15,20,23H,5-6,16-18H2,1-4H3,(H,26,29)/t20-,23-/m0/s1. The van der Waals surface area contributed by atoms with E-state index in [0.717, 1.165) is 24.0 Å². The normalized spacial score (nSPS) is 12.8. The minimum Gasteiger partial charge on any atom is -0.352 e. The zero-order valence-corrected chi connectivity index (χ0v) is 18.2. The first-order valence-electron chi connectivity index (χ1n) is 10.6. The molecule has 0 aliphatic rings. The van der Waals surface area contributed by atoms with Gasteiger partial charge in [0, 0.05) is 12.6 Å². The number of hydrogen-bond donors (Lipinski definition) is 1. The Morgan fingerprint density at radius 2 is 1.59 bits per heavy atom. The summed E-state index contributed by atoms with van der Waals surface area (Å²) < 4.78 is 0. The van der Waals surface area contributed by atoms with E-state index in [-0.39, 0.29) is 17.9 Å². The lowest BCUT2D eigenvalue weighted by Gasteiger charge is -2.31. The van der Waals surface area contributed by atoms with Crippen LogP contribution in [0, 0.1) is 6.92 Å². The molecule has 0 heterocycles. The predicted molar refractivity (Wildman–Crippen MR) is 119 cm³/mol. The highest BCUT2D eigenvalue weighted by atomic mass is 16.2. The highest BCUT2D eigenvalue weighted by Gasteiger charge is 2.28. The van der Waals surface area contributed by atoms with Crippen molar-refractivity contribution in [3.05, 3.63) is 71.3 Å². The van der Waals surface area contributed by atoms with E-state index in [1.54, 1.807) is 4.90 Å². The fraction of sp³-hybridized carbons (Fsp3) is 0.440. The SMILES string of the molecule is CC[C@H](C)NC(=O)[C@H](CC)N(CCc1ccccc1)C(=O)Cc1ccc(C)cc1. The van der Waals surface area contributed by atoms with E-state index in [0.29, 0.717) is 19.4 Å². The van der Waals surface area contributed by atoms with Crippen molar-refractivity contribution in [3.63, 3.8) is 0 Å². The lowest BCUT2D eigenvalue weighted by atomic mass is 10.0. The van der Waals surface area contributed by atoms with Crippen molar-refractivity contribution in [3.8, 4) is 0 Å². The Bertz CT molecular complexity index is 771. The number of hydrogen-bond acceptors (Lipinski definition) is 2. The number of nitrogens with one attached hydrogen (secondary N) is 1. The highest BCUT2D eigenvalue weighted by Crippen LogP contribution is 2.13. The summed E-state index contributed by atoms with van der Waals surface area (Å²) in [5, 5.41) is 3.05. The fourth-order valence-corrected chi connectivity index (χ4v) is 3.32. The molecule has 0 spiro atoms. The number of nitrogens with zero attached hydrogens (tertiary/aromatic N) is 1. The van der Waals surface area contributed by atoms with Gasteiger partial charge in [0.2, 0.25) is 11.8 Å². The van der Waals surface area contributed by atoms with Crippen LogP contribution in [0.15, 0.2) is 54.6 Å². The van der Waals surface area contributed by atoms with E-state index >= 15 is 0 Å². The van der Waals surface area contributed by atoms with Crippen LogP contribution < -0.4 is 5.32 Å². The average Bonchev–Trinajstić information content (AvgIpc) is 2.73. The summed E-state index contributed by atoms with van der Waals surface area (Å²) in [6, 6.07) is 17.8. The van der Waals surface area contributed by atoms with Crippen LogP contribution in [-0.2, 0) is 22.4 Å². The number of rotatable bonds is 10. The van der Waals surface area contributed by atoms with Gasteiger partial charge in [-0.15, -0.1) is 0 Å². The number of aryl methyl sites for hydroxylation is 1. The summed E-state index contributed by atoms with van der Waals surface area (Å²) >= 11 is 0. The van der Waals surface area contributed by atoms with Crippen molar-refractivity contribution < 1.29 is 9.59 Å². The Morgan fingerprint density at radius 3 is 2.17 bits per heavy atom. The number of carbonyl (C=O) groups excluding carboxylic acids is 2. The molecule has 0 bridgehead atoms. The van der Waals surface area contributed by atoms with Crippen LogP contribution in [-0.4, -0.2) is 35.3 Å². The van der Waals surface area contributed by atoms with Gasteiger partial charge in [-0.25, -0.2) is 0 Å². The molecule has 4 heteroatoms. The molecule has 1 N–H and O–H groups in total. The number of benzene rings is 2. The Labute approximate surface area is 175 Å². The molecule has 2 rings (SSSR count). The topological polar surface area (TPSA) is 49.4 Å². The van der Waals surface area contributed by atoms with Gasteiger partial charge in [0.15, 0.2) is 0 Å². The molecule has 2 aromatic carbocycles. The average molecular weight is 395 g/mol. The Hall–Kier alpha value is -2.62. The summed E-state index contributed by atoms with van der Waals surface area (Å²) in [5.41, 5.74) is 3.31. The zero-order chi connectivity index (χ0) is 21.2. The minimum absolute atomic E-state index is 0.00376. The molecule has 2 aromatic rings. The van der Waals surface area contributed by atoms with Gasteiger partial charge in [-0.05, 0) is 44.2 Å². The van der Waals surface area contributed by atoms with E-state index < -0.39 is 6.04 Å². The minimum atomic E-state index is -0.453. The highest BCUT2D eigenvalue weighted by molar-refractivity contribution is 5.88. The second-order valence-corrected chi connectivity index (χ2v) is 7.73. The zero-order valence-electron chi connectivity index (χ0n) is 18.2. The lowest BCUT2D eigenvalue weighted by Crippen LogP contribution is -2.52. The third-order valence-electron chi connectivity index (χ3n) is 5.35. The maximum atomic E-state index is 13.2. The monoisotopic (exact) mass is 394 g/mol. The van der Waals surface area contributed by atoms with Crippen LogP contribution in [0.3, 0.4) is 0 Å². The van der Waals surface area contributed by atoms with E-state index in [1.807, 2.05) is 70.2 Å². The first-order chi connectivity index (χ1) is 13.9. The number of carbonyl (C=O) groups is 2. The molecule has 0 saturated heterocycles. The maximum Gasteiger partial charge on any atom is 0.243 e. The molecule has 2 amide bonds. The van der Waals surface area contributed by atoms with E-state index in [1.165, 1.54) is 5.56 Å². The second kappa shape index (κ2) is 11.4. The third-order valence-corrected chi connectivity index (χ3v) is 5.35. The summed E-state index contributed by atoms with van der Waals surface area (Å²) in [7, 11) is 0. The molecule has 29 heavy (non-hydrogen) atoms. The van der Waals surface area contributed by atoms with Crippen LogP contribution in [0.5, 0.6) is 0 Å². The molecular weight excluding hydrogens is 360 g/mol. The fourth-order valence-electron chi connectivity index (χ4n) is 3.32. The van der Waals surface area contributed by atoms with Crippen LogP contribution in [0.2, 0.25) is 0 Å². The molecule has 0 unspecified atom stereocenters. The molecule has 0 saturated carbocycles. The van der Waals surface area contributed by atoms with Crippen molar-refractivity contribution in [2.45, 2.75) is 65.5 Å². The third kappa shape index (κ3) is 7.04. The van der Waals surface area contributed by atoms with Gasteiger partial charge in [0.25, 0.3) is 0 Å². The smallest absolute Gasteiger partial charge is 0.243 e. The largest absolute Gasteiger partial charge is 0.352 e. The molecule has 2 atom stereocenters. The second-order valence-electron chi connectivity index (χ2n) is 7.73. The lowest BCUT2D eigenvalue weighted by molar-refractivity contribution is -0.140. The van der Waals surface area contributed by atoms with Crippen molar-refractivity contribution in [1.82, 2.24) is 10.2 Å². The molecule has 0 aromatic heterocycles. The van der Waals surface area contributed by atoms with Crippen LogP contribution in [0.25, 0.3) is 0 Å². The van der Waals surface area contributed by atoms with Gasteiger partial charge in [-0.3, -0.25) is 9.59 Å². The molecular formula is C25H34N2O2. The predicted octanol–water partition coefficient (Wildman–Crippen LogP) is 4.30. The molecule has 0 fully saturated rings. The molecule has 0 radical (unpaired) electrons. The number of amides is 2. The summed E-state index contributed by atoms with van der Waals surface area (Å²) in [6.45, 7) is 8.56. The van der Waals surface area contributed by atoms with E-state index in [4.69, 9.17) is 0 Å². The van der Waals surface area contributed by atoms with Gasteiger partial charge in [0.05, 0.1) is 6.42 Å². The van der Waals surface area contributed by atoms with Crippen LogP contribution >= 0.6 is 0 Å². The van der Waals surface area contributed by atoms with E-state index in [2.05, 4.69) is 17.4 Å². The Kier molecular flexibility index (Phi) is 8.91. The van der Waals surface area contributed by atoms with Crippen molar-refractivity contribution in [1.29, 1.82) is 0 Å². The first kappa shape index (κ1) is 22.7. The summed E-state index contributed by atoms with van der Waals surface area (Å²) in [6.07, 6.45) is 2.50.